The summed E-state index contributed by atoms with van der Waals surface area (Å²) in [5.41, 5.74) is 1.78. The molecule has 4 heterocycles. The maximum Gasteiger partial charge on any atom is 0.252 e. The zero-order valence-corrected chi connectivity index (χ0v) is 14.0. The summed E-state index contributed by atoms with van der Waals surface area (Å²) >= 11 is 0. The maximum atomic E-state index is 12.7. The van der Waals surface area contributed by atoms with Gasteiger partial charge in [-0.05, 0) is 25.3 Å². The van der Waals surface area contributed by atoms with Crippen LogP contribution in [-0.2, 0) is 29.2 Å². The molecule has 2 aliphatic rings. The lowest BCUT2D eigenvalue weighted by molar-refractivity contribution is -0.141. The van der Waals surface area contributed by atoms with Gasteiger partial charge >= 0.3 is 0 Å². The highest BCUT2D eigenvalue weighted by molar-refractivity contribution is 5.81. The van der Waals surface area contributed by atoms with Crippen molar-refractivity contribution < 1.29 is 9.53 Å². The van der Waals surface area contributed by atoms with E-state index >= 15 is 0 Å². The first kappa shape index (κ1) is 15.9. The first-order valence-electron chi connectivity index (χ1n) is 8.64. The minimum absolute atomic E-state index is 0.0810. The molecule has 2 aromatic rings. The van der Waals surface area contributed by atoms with Crippen LogP contribution in [0.2, 0.25) is 0 Å². The Labute approximate surface area is 145 Å². The van der Waals surface area contributed by atoms with Crippen LogP contribution in [0, 0.1) is 0 Å². The van der Waals surface area contributed by atoms with Crippen LogP contribution < -0.4 is 5.32 Å². The van der Waals surface area contributed by atoms with E-state index in [-0.39, 0.29) is 12.0 Å². The molecule has 1 atom stereocenters. The standard InChI is InChI=1S/C16H21N7O2/c24-15(14-4-1-9-25-14)22-7-3-8-23-13(11-22)12(20-21-23)10-19-16-17-5-2-6-18-16/h2,5-6,14H,1,3-4,7-11H2,(H,17,18,19)/t14-/m1/s1. The Kier molecular flexibility index (Phi) is 4.55. The fourth-order valence-electron chi connectivity index (χ4n) is 3.25. The van der Waals surface area contributed by atoms with E-state index in [0.29, 0.717) is 25.6 Å². The van der Waals surface area contributed by atoms with Crippen molar-refractivity contribution in [2.24, 2.45) is 0 Å². The van der Waals surface area contributed by atoms with E-state index in [1.54, 1.807) is 18.5 Å². The molecule has 132 valence electrons. The summed E-state index contributed by atoms with van der Waals surface area (Å²) in [6.45, 7) is 3.14. The van der Waals surface area contributed by atoms with Gasteiger partial charge in [-0.15, -0.1) is 5.10 Å². The second-order valence-corrected chi connectivity index (χ2v) is 6.25. The molecule has 0 aliphatic carbocycles. The molecule has 2 aromatic heterocycles. The van der Waals surface area contributed by atoms with Crippen LogP contribution >= 0.6 is 0 Å². The Morgan fingerprint density at radius 1 is 1.28 bits per heavy atom. The van der Waals surface area contributed by atoms with Gasteiger partial charge in [0.15, 0.2) is 0 Å². The molecule has 1 fully saturated rings. The minimum atomic E-state index is -0.290. The summed E-state index contributed by atoms with van der Waals surface area (Å²) in [5.74, 6) is 0.627. The molecule has 0 bridgehead atoms. The van der Waals surface area contributed by atoms with Crippen molar-refractivity contribution in [1.29, 1.82) is 0 Å². The fraction of sp³-hybridized carbons (Fsp3) is 0.562. The van der Waals surface area contributed by atoms with E-state index in [2.05, 4.69) is 25.6 Å². The van der Waals surface area contributed by atoms with Crippen molar-refractivity contribution >= 4 is 11.9 Å². The third-order valence-electron chi connectivity index (χ3n) is 4.55. The first-order chi connectivity index (χ1) is 12.3. The summed E-state index contributed by atoms with van der Waals surface area (Å²) in [6, 6.07) is 1.77. The molecule has 0 radical (unpaired) electrons. The van der Waals surface area contributed by atoms with Gasteiger partial charge in [-0.25, -0.2) is 14.6 Å². The summed E-state index contributed by atoms with van der Waals surface area (Å²) in [7, 11) is 0. The third kappa shape index (κ3) is 3.46. The van der Waals surface area contributed by atoms with Crippen LogP contribution in [0.3, 0.4) is 0 Å². The van der Waals surface area contributed by atoms with Gasteiger partial charge in [-0.3, -0.25) is 4.79 Å². The molecular weight excluding hydrogens is 322 g/mol. The number of nitrogens with zero attached hydrogens (tertiary/aromatic N) is 6. The Balaban J connectivity index is 1.48. The number of anilines is 1. The number of aromatic nitrogens is 5. The molecule has 0 spiro atoms. The van der Waals surface area contributed by atoms with E-state index in [0.717, 1.165) is 43.7 Å². The lowest BCUT2D eigenvalue weighted by Crippen LogP contribution is -2.38. The number of hydrogen-bond acceptors (Lipinski definition) is 7. The molecule has 1 saturated heterocycles. The largest absolute Gasteiger partial charge is 0.368 e. The Morgan fingerprint density at radius 3 is 2.96 bits per heavy atom. The number of amides is 1. The van der Waals surface area contributed by atoms with Gasteiger partial charge in [0.25, 0.3) is 5.91 Å². The predicted octanol–water partition coefficient (Wildman–Crippen LogP) is 0.591. The molecule has 0 unspecified atom stereocenters. The number of ether oxygens (including phenoxy) is 1. The topological polar surface area (TPSA) is 98.1 Å². The molecule has 9 nitrogen and oxygen atoms in total. The molecule has 1 N–H and O–H groups in total. The molecule has 0 saturated carbocycles. The Bertz CT molecular complexity index is 727. The van der Waals surface area contributed by atoms with Crippen molar-refractivity contribution in [2.75, 3.05) is 18.5 Å². The van der Waals surface area contributed by atoms with E-state index in [9.17, 15) is 4.79 Å². The summed E-state index contributed by atoms with van der Waals surface area (Å²) in [6.07, 6.45) is 5.71. The zero-order chi connectivity index (χ0) is 17.1. The number of rotatable bonds is 4. The number of hydrogen-bond donors (Lipinski definition) is 1. The van der Waals surface area contributed by atoms with E-state index in [1.807, 2.05) is 9.58 Å². The molecule has 25 heavy (non-hydrogen) atoms. The Hall–Kier alpha value is -2.55. The molecule has 2 aliphatic heterocycles. The maximum absolute atomic E-state index is 12.7. The van der Waals surface area contributed by atoms with Gasteiger partial charge in [-0.2, -0.15) is 0 Å². The van der Waals surface area contributed by atoms with Crippen LogP contribution in [-0.4, -0.2) is 55.0 Å². The number of carbonyl (C=O) groups is 1. The second-order valence-electron chi connectivity index (χ2n) is 6.25. The lowest BCUT2D eigenvalue weighted by Gasteiger charge is -2.23. The van der Waals surface area contributed by atoms with Crippen molar-refractivity contribution in [3.05, 3.63) is 29.8 Å². The average Bonchev–Trinajstić information content (AvgIpc) is 3.26. The van der Waals surface area contributed by atoms with Crippen molar-refractivity contribution in [3.8, 4) is 0 Å². The monoisotopic (exact) mass is 343 g/mol. The van der Waals surface area contributed by atoms with Crippen molar-refractivity contribution in [3.63, 3.8) is 0 Å². The highest BCUT2D eigenvalue weighted by atomic mass is 16.5. The molecule has 9 heteroatoms. The number of nitrogens with one attached hydrogen (secondary N) is 1. The summed E-state index contributed by atoms with van der Waals surface area (Å²) in [4.78, 5) is 22.9. The Morgan fingerprint density at radius 2 is 2.16 bits per heavy atom. The number of carbonyl (C=O) groups excluding carboxylic acids is 1. The quantitative estimate of drug-likeness (QED) is 0.867. The third-order valence-corrected chi connectivity index (χ3v) is 4.55. The van der Waals surface area contributed by atoms with Gasteiger partial charge in [0.1, 0.15) is 11.8 Å². The smallest absolute Gasteiger partial charge is 0.252 e. The highest BCUT2D eigenvalue weighted by Gasteiger charge is 2.30. The lowest BCUT2D eigenvalue weighted by atomic mass is 10.2. The number of fused-ring (bicyclic) bond motifs is 1. The van der Waals surface area contributed by atoms with E-state index in [4.69, 9.17) is 4.74 Å². The van der Waals surface area contributed by atoms with Crippen LogP contribution in [0.4, 0.5) is 5.95 Å². The van der Waals surface area contributed by atoms with Crippen LogP contribution in [0.25, 0.3) is 0 Å². The van der Waals surface area contributed by atoms with E-state index < -0.39 is 0 Å². The van der Waals surface area contributed by atoms with Crippen molar-refractivity contribution in [1.82, 2.24) is 29.9 Å². The number of aryl methyl sites for hydroxylation is 1. The minimum Gasteiger partial charge on any atom is -0.368 e. The average molecular weight is 343 g/mol. The van der Waals surface area contributed by atoms with Crippen molar-refractivity contribution in [2.45, 2.75) is 45.0 Å². The summed E-state index contributed by atoms with van der Waals surface area (Å²) in [5, 5.41) is 11.7. The zero-order valence-electron chi connectivity index (χ0n) is 14.0. The first-order valence-corrected chi connectivity index (χ1v) is 8.64. The van der Waals surface area contributed by atoms with Gasteiger partial charge < -0.3 is 15.0 Å². The van der Waals surface area contributed by atoms with E-state index in [1.165, 1.54) is 0 Å². The molecule has 1 amide bonds. The fourth-order valence-corrected chi connectivity index (χ4v) is 3.25. The van der Waals surface area contributed by atoms with Gasteiger partial charge in [0.2, 0.25) is 5.95 Å². The van der Waals surface area contributed by atoms with Gasteiger partial charge in [-0.1, -0.05) is 5.21 Å². The second kappa shape index (κ2) is 7.14. The molecular formula is C16H21N7O2. The van der Waals surface area contributed by atoms with Gasteiger partial charge in [0.05, 0.1) is 18.8 Å². The summed E-state index contributed by atoms with van der Waals surface area (Å²) < 4.78 is 7.45. The van der Waals surface area contributed by atoms with Gasteiger partial charge in [0, 0.05) is 32.1 Å². The van der Waals surface area contributed by atoms with Crippen LogP contribution in [0.5, 0.6) is 0 Å². The molecule has 0 aromatic carbocycles. The predicted molar refractivity (Wildman–Crippen MR) is 88.4 cm³/mol. The highest BCUT2D eigenvalue weighted by Crippen LogP contribution is 2.20. The SMILES string of the molecule is O=C([C@H]1CCCO1)N1CCCn2nnc(CNc3ncccn3)c2C1. The normalized spacial score (nSPS) is 20.2. The molecule has 4 rings (SSSR count). The van der Waals surface area contributed by atoms with Crippen LogP contribution in [0.15, 0.2) is 18.5 Å². The van der Waals surface area contributed by atoms with Crippen LogP contribution in [0.1, 0.15) is 30.7 Å².